The Bertz CT molecular complexity index is 1210. The summed E-state index contributed by atoms with van der Waals surface area (Å²) in [4.78, 5) is 39.1. The van der Waals surface area contributed by atoms with Crippen LogP contribution in [0.4, 0.5) is 5.95 Å². The predicted molar refractivity (Wildman–Crippen MR) is 139 cm³/mol. The fourth-order valence-corrected chi connectivity index (χ4v) is 4.93. The molecule has 3 heterocycles. The zero-order chi connectivity index (χ0) is 24.9. The first-order valence-corrected chi connectivity index (χ1v) is 12.5. The second kappa shape index (κ2) is 11.2. The summed E-state index contributed by atoms with van der Waals surface area (Å²) < 4.78 is 2.02. The molecule has 9 heteroatoms. The number of hydrogen-bond acceptors (Lipinski definition) is 5. The summed E-state index contributed by atoms with van der Waals surface area (Å²) in [5, 5.41) is 3.57. The van der Waals surface area contributed by atoms with E-state index < -0.39 is 0 Å². The van der Waals surface area contributed by atoms with Crippen molar-refractivity contribution in [1.29, 1.82) is 0 Å². The number of rotatable bonds is 7. The van der Waals surface area contributed by atoms with E-state index in [2.05, 4.69) is 15.2 Å². The van der Waals surface area contributed by atoms with E-state index in [0.29, 0.717) is 35.0 Å². The average Bonchev–Trinajstić information content (AvgIpc) is 3.01. The van der Waals surface area contributed by atoms with Gasteiger partial charge in [-0.2, -0.15) is 0 Å². The van der Waals surface area contributed by atoms with Gasteiger partial charge in [-0.15, -0.1) is 0 Å². The maximum atomic E-state index is 13.1. The first-order chi connectivity index (χ1) is 16.8. The molecule has 0 radical (unpaired) electrons. The van der Waals surface area contributed by atoms with Gasteiger partial charge in [0.1, 0.15) is 0 Å². The van der Waals surface area contributed by atoms with Crippen molar-refractivity contribution in [2.45, 2.75) is 45.1 Å². The number of nitrogens with one attached hydrogen (secondary N) is 1. The zero-order valence-corrected chi connectivity index (χ0v) is 21.4. The molecule has 2 amide bonds. The Kier molecular flexibility index (Phi) is 8.03. The van der Waals surface area contributed by atoms with Gasteiger partial charge in [-0.3, -0.25) is 19.9 Å². The Hall–Kier alpha value is -2.97. The Morgan fingerprint density at radius 2 is 2.06 bits per heavy atom. The second-order valence-electron chi connectivity index (χ2n) is 9.45. The molecule has 0 saturated carbocycles. The zero-order valence-electron chi connectivity index (χ0n) is 20.6. The minimum atomic E-state index is -0.256. The molecule has 1 atom stereocenters. The van der Waals surface area contributed by atoms with Crippen LogP contribution in [-0.2, 0) is 4.79 Å². The van der Waals surface area contributed by atoms with E-state index in [1.54, 1.807) is 18.3 Å². The van der Waals surface area contributed by atoms with E-state index in [1.807, 2.05) is 48.7 Å². The molecular weight excluding hydrogens is 464 g/mol. The van der Waals surface area contributed by atoms with Gasteiger partial charge in [0.2, 0.25) is 11.9 Å². The van der Waals surface area contributed by atoms with Crippen LogP contribution in [0.25, 0.3) is 11.0 Å². The molecule has 1 aliphatic rings. The quantitative estimate of drug-likeness (QED) is 0.519. The van der Waals surface area contributed by atoms with E-state index >= 15 is 0 Å². The van der Waals surface area contributed by atoms with Gasteiger partial charge in [-0.25, -0.2) is 4.98 Å². The lowest BCUT2D eigenvalue weighted by Gasteiger charge is -2.27. The van der Waals surface area contributed by atoms with Gasteiger partial charge in [0.05, 0.1) is 22.1 Å². The maximum absolute atomic E-state index is 13.1. The van der Waals surface area contributed by atoms with Gasteiger partial charge in [0.15, 0.2) is 0 Å². The molecule has 3 aromatic rings. The smallest absolute Gasteiger partial charge is 0.258 e. The van der Waals surface area contributed by atoms with Crippen LogP contribution in [-0.4, -0.2) is 69.9 Å². The summed E-state index contributed by atoms with van der Waals surface area (Å²) in [7, 11) is 4.03. The molecule has 1 aromatic carbocycles. The van der Waals surface area contributed by atoms with Gasteiger partial charge in [0.25, 0.3) is 5.91 Å². The largest absolute Gasteiger partial charge is 0.341 e. The lowest BCUT2D eigenvalue weighted by molar-refractivity contribution is -0.131. The van der Waals surface area contributed by atoms with Gasteiger partial charge in [-0.05, 0) is 77.5 Å². The fraction of sp³-hybridized carbons (Fsp3) is 0.462. The van der Waals surface area contributed by atoms with Crippen LogP contribution in [0.2, 0.25) is 5.02 Å². The number of para-hydroxylation sites is 1. The number of aromatic nitrogens is 3. The van der Waals surface area contributed by atoms with Crippen LogP contribution >= 0.6 is 11.6 Å². The van der Waals surface area contributed by atoms with Crippen molar-refractivity contribution in [1.82, 2.24) is 24.3 Å². The normalized spacial score (nSPS) is 16.5. The Morgan fingerprint density at radius 3 is 2.83 bits per heavy atom. The second-order valence-corrected chi connectivity index (χ2v) is 9.86. The molecule has 35 heavy (non-hydrogen) atoms. The molecule has 1 fully saturated rings. The van der Waals surface area contributed by atoms with E-state index in [1.165, 1.54) is 0 Å². The Morgan fingerprint density at radius 1 is 1.23 bits per heavy atom. The molecule has 0 aliphatic carbocycles. The maximum Gasteiger partial charge on any atom is 0.258 e. The standard InChI is InChI=1S/C26H33ClN6O2/c1-18-16-19(12-13-28-18)25(35)30-26-29-22-10-6-9-21(27)24(22)33(26)20-8-4-5-15-32(17-20)23(34)11-7-14-31(2)3/h6,9-10,12-13,16,20H,4-5,7-8,11,14-15,17H2,1-3H3,(H,29,30,35)/t20-/m1/s1. The SMILES string of the molecule is Cc1cc(C(=O)Nc2nc3cccc(Cl)c3n2[C@@H]2CCCCN(C(=O)CCCN(C)C)C2)ccn1. The van der Waals surface area contributed by atoms with Crippen molar-refractivity contribution in [2.75, 3.05) is 39.0 Å². The van der Waals surface area contributed by atoms with Crippen LogP contribution in [0, 0.1) is 6.92 Å². The number of pyridine rings is 1. The molecule has 4 rings (SSSR count). The summed E-state index contributed by atoms with van der Waals surface area (Å²) in [6, 6.07) is 8.96. The molecule has 1 N–H and O–H groups in total. The number of hydrogen-bond donors (Lipinski definition) is 1. The molecule has 186 valence electrons. The number of anilines is 1. The minimum absolute atomic E-state index is 0.0466. The number of nitrogens with zero attached hydrogens (tertiary/aromatic N) is 5. The summed E-state index contributed by atoms with van der Waals surface area (Å²) in [6.07, 6.45) is 5.78. The highest BCUT2D eigenvalue weighted by atomic mass is 35.5. The van der Waals surface area contributed by atoms with Crippen LogP contribution in [0.3, 0.4) is 0 Å². The van der Waals surface area contributed by atoms with E-state index in [4.69, 9.17) is 16.6 Å². The first kappa shape index (κ1) is 25.1. The van der Waals surface area contributed by atoms with E-state index in [-0.39, 0.29) is 17.9 Å². The third-order valence-electron chi connectivity index (χ3n) is 6.41. The van der Waals surface area contributed by atoms with Crippen LogP contribution in [0.15, 0.2) is 36.5 Å². The molecule has 0 spiro atoms. The summed E-state index contributed by atoms with van der Waals surface area (Å²) in [5.41, 5.74) is 2.77. The first-order valence-electron chi connectivity index (χ1n) is 12.2. The van der Waals surface area contributed by atoms with Crippen molar-refractivity contribution in [3.8, 4) is 0 Å². The highest BCUT2D eigenvalue weighted by Crippen LogP contribution is 2.34. The van der Waals surface area contributed by atoms with E-state index in [0.717, 1.165) is 50.0 Å². The number of amides is 2. The molecule has 8 nitrogen and oxygen atoms in total. The fourth-order valence-electron chi connectivity index (χ4n) is 4.67. The van der Waals surface area contributed by atoms with Crippen molar-refractivity contribution >= 4 is 40.4 Å². The topological polar surface area (TPSA) is 83.4 Å². The minimum Gasteiger partial charge on any atom is -0.341 e. The monoisotopic (exact) mass is 496 g/mol. The van der Waals surface area contributed by atoms with Crippen LogP contribution < -0.4 is 5.32 Å². The molecule has 2 aromatic heterocycles. The highest BCUT2D eigenvalue weighted by molar-refractivity contribution is 6.35. The van der Waals surface area contributed by atoms with Crippen LogP contribution in [0.1, 0.15) is 54.2 Å². The lowest BCUT2D eigenvalue weighted by atomic mass is 10.1. The van der Waals surface area contributed by atoms with Crippen LogP contribution in [0.5, 0.6) is 0 Å². The van der Waals surface area contributed by atoms with Gasteiger partial charge in [0, 0.05) is 37.0 Å². The number of carbonyl (C=O) groups excluding carboxylic acids is 2. The lowest BCUT2D eigenvalue weighted by Crippen LogP contribution is -2.36. The third kappa shape index (κ3) is 6.00. The molecule has 0 bridgehead atoms. The molecule has 1 saturated heterocycles. The molecule has 1 aliphatic heterocycles. The predicted octanol–water partition coefficient (Wildman–Crippen LogP) is 4.54. The number of likely N-dealkylation sites (tertiary alicyclic amines) is 1. The van der Waals surface area contributed by atoms with Gasteiger partial charge in [-0.1, -0.05) is 17.7 Å². The number of imidazole rings is 1. The average molecular weight is 497 g/mol. The summed E-state index contributed by atoms with van der Waals surface area (Å²) in [5.74, 6) is 0.361. The van der Waals surface area contributed by atoms with Crippen molar-refractivity contribution in [2.24, 2.45) is 0 Å². The third-order valence-corrected chi connectivity index (χ3v) is 6.71. The summed E-state index contributed by atoms with van der Waals surface area (Å²) in [6.45, 7) is 4.04. The number of aryl methyl sites for hydroxylation is 1. The summed E-state index contributed by atoms with van der Waals surface area (Å²) >= 11 is 6.64. The number of fused-ring (bicyclic) bond motifs is 1. The Balaban J connectivity index is 1.64. The van der Waals surface area contributed by atoms with Crippen molar-refractivity contribution < 1.29 is 9.59 Å². The molecule has 0 unspecified atom stereocenters. The number of halogens is 1. The highest BCUT2D eigenvalue weighted by Gasteiger charge is 2.28. The number of benzene rings is 1. The number of carbonyl (C=O) groups is 2. The molecular formula is C26H33ClN6O2. The Labute approximate surface area is 211 Å². The van der Waals surface area contributed by atoms with Crippen molar-refractivity contribution in [3.05, 3.63) is 52.8 Å². The van der Waals surface area contributed by atoms with Gasteiger partial charge < -0.3 is 14.4 Å². The van der Waals surface area contributed by atoms with E-state index in [9.17, 15) is 9.59 Å². The van der Waals surface area contributed by atoms with Gasteiger partial charge >= 0.3 is 0 Å². The van der Waals surface area contributed by atoms with Crippen molar-refractivity contribution in [3.63, 3.8) is 0 Å².